The molecule has 125 valence electrons. The molecule has 1 saturated carbocycles. The quantitative estimate of drug-likeness (QED) is 0.529. The van der Waals surface area contributed by atoms with E-state index in [1.807, 2.05) is 12.1 Å². The highest BCUT2D eigenvalue weighted by atomic mass is 19.2. The van der Waals surface area contributed by atoms with Crippen LogP contribution in [0.1, 0.15) is 54.7 Å². The topological polar surface area (TPSA) is 21.6 Å². The Bertz CT molecular complexity index is 709. The van der Waals surface area contributed by atoms with E-state index in [1.165, 1.54) is 49.8 Å². The standard InChI is InChI=1S/C20H20F2NO/c21-19-11-5-10-18(20(19)22)14-24-23-13-15-6-4-9-17(12-15)16-7-2-1-3-8-16/h4-6,9-12,16H,1-3,7-8,14H2. The molecule has 3 rings (SSSR count). The lowest BCUT2D eigenvalue weighted by Gasteiger charge is -2.22. The number of hydrogen-bond donors (Lipinski definition) is 0. The minimum absolute atomic E-state index is 0.126. The Morgan fingerprint density at radius 3 is 2.67 bits per heavy atom. The highest BCUT2D eigenvalue weighted by molar-refractivity contribution is 5.79. The molecule has 1 aliphatic rings. The van der Waals surface area contributed by atoms with Crippen molar-refractivity contribution < 1.29 is 13.6 Å². The van der Waals surface area contributed by atoms with Crippen molar-refractivity contribution in [3.63, 3.8) is 0 Å². The zero-order valence-electron chi connectivity index (χ0n) is 13.5. The summed E-state index contributed by atoms with van der Waals surface area (Å²) in [5.74, 6) is -1.17. The van der Waals surface area contributed by atoms with Gasteiger partial charge in [0.25, 0.3) is 0 Å². The number of hydrogen-bond acceptors (Lipinski definition) is 2. The molecule has 2 aromatic carbocycles. The van der Waals surface area contributed by atoms with E-state index >= 15 is 0 Å². The van der Waals surface area contributed by atoms with Crippen LogP contribution in [0.15, 0.2) is 47.6 Å². The molecule has 1 radical (unpaired) electrons. The van der Waals surface area contributed by atoms with E-state index in [4.69, 9.17) is 4.84 Å². The number of benzene rings is 2. The maximum Gasteiger partial charge on any atom is 0.165 e. The van der Waals surface area contributed by atoms with Gasteiger partial charge in [-0.15, -0.1) is 0 Å². The maximum absolute atomic E-state index is 13.5. The summed E-state index contributed by atoms with van der Waals surface area (Å²) in [5.41, 5.74) is 2.28. The van der Waals surface area contributed by atoms with Crippen LogP contribution < -0.4 is 0 Å². The largest absolute Gasteiger partial charge is 0.390 e. The summed E-state index contributed by atoms with van der Waals surface area (Å²) >= 11 is 0. The smallest absolute Gasteiger partial charge is 0.165 e. The Labute approximate surface area is 141 Å². The second-order valence-corrected chi connectivity index (χ2v) is 6.15. The van der Waals surface area contributed by atoms with E-state index in [0.29, 0.717) is 5.92 Å². The van der Waals surface area contributed by atoms with Crippen LogP contribution >= 0.6 is 0 Å². The maximum atomic E-state index is 13.5. The van der Waals surface area contributed by atoms with Gasteiger partial charge in [-0.2, -0.15) is 0 Å². The first kappa shape index (κ1) is 16.6. The Balaban J connectivity index is 1.59. The van der Waals surface area contributed by atoms with Crippen molar-refractivity contribution in [3.05, 3.63) is 70.8 Å². The number of rotatable bonds is 5. The van der Waals surface area contributed by atoms with Crippen molar-refractivity contribution in [2.75, 3.05) is 0 Å². The molecule has 2 aromatic rings. The van der Waals surface area contributed by atoms with Crippen molar-refractivity contribution in [1.82, 2.24) is 0 Å². The minimum atomic E-state index is -0.896. The van der Waals surface area contributed by atoms with Gasteiger partial charge in [-0.25, -0.2) is 8.78 Å². The van der Waals surface area contributed by atoms with Gasteiger partial charge in [0.2, 0.25) is 0 Å². The predicted octanol–water partition coefficient (Wildman–Crippen LogP) is 5.44. The Morgan fingerprint density at radius 2 is 1.83 bits per heavy atom. The van der Waals surface area contributed by atoms with Crippen molar-refractivity contribution >= 4 is 6.21 Å². The average molecular weight is 328 g/mol. The molecule has 0 bridgehead atoms. The Hall–Kier alpha value is -2.23. The van der Waals surface area contributed by atoms with E-state index in [1.54, 1.807) is 0 Å². The van der Waals surface area contributed by atoms with Gasteiger partial charge in [0.05, 0.1) is 0 Å². The fraction of sp³-hybridized carbons (Fsp3) is 0.350. The highest BCUT2D eigenvalue weighted by Gasteiger charge is 2.15. The van der Waals surface area contributed by atoms with Gasteiger partial charge in [0.1, 0.15) is 12.8 Å². The summed E-state index contributed by atoms with van der Waals surface area (Å²) in [7, 11) is 0. The molecule has 0 N–H and O–H groups in total. The molecular weight excluding hydrogens is 308 g/mol. The zero-order chi connectivity index (χ0) is 16.8. The predicted molar refractivity (Wildman–Crippen MR) is 90.0 cm³/mol. The summed E-state index contributed by atoms with van der Waals surface area (Å²) in [6.45, 7) is -0.126. The fourth-order valence-electron chi connectivity index (χ4n) is 3.14. The van der Waals surface area contributed by atoms with Crippen LogP contribution in [-0.2, 0) is 11.4 Å². The van der Waals surface area contributed by atoms with Crippen LogP contribution in [-0.4, -0.2) is 6.21 Å². The van der Waals surface area contributed by atoms with E-state index < -0.39 is 11.6 Å². The van der Waals surface area contributed by atoms with E-state index in [-0.39, 0.29) is 12.2 Å². The summed E-state index contributed by atoms with van der Waals surface area (Å²) in [4.78, 5) is 5.05. The molecule has 24 heavy (non-hydrogen) atoms. The van der Waals surface area contributed by atoms with Crippen LogP contribution in [0.25, 0.3) is 0 Å². The zero-order valence-corrected chi connectivity index (χ0v) is 13.5. The molecule has 0 unspecified atom stereocenters. The van der Waals surface area contributed by atoms with Crippen LogP contribution in [0.3, 0.4) is 0 Å². The van der Waals surface area contributed by atoms with Crippen molar-refractivity contribution in [2.24, 2.45) is 5.16 Å². The van der Waals surface area contributed by atoms with Crippen molar-refractivity contribution in [2.45, 2.75) is 44.6 Å². The third-order valence-corrected chi connectivity index (χ3v) is 4.45. The monoisotopic (exact) mass is 328 g/mol. The van der Waals surface area contributed by atoms with Gasteiger partial charge in [0.15, 0.2) is 11.6 Å². The molecule has 0 atom stereocenters. The SMILES string of the molecule is Fc1cccc(CO/N=[C]\c2cccc(C3CCCCC3)c2)c1F. The summed E-state index contributed by atoms with van der Waals surface area (Å²) in [5, 5.41) is 3.75. The van der Waals surface area contributed by atoms with Gasteiger partial charge in [-0.1, -0.05) is 54.8 Å². The van der Waals surface area contributed by atoms with Crippen molar-refractivity contribution in [3.8, 4) is 0 Å². The van der Waals surface area contributed by atoms with Gasteiger partial charge in [-0.3, -0.25) is 0 Å². The van der Waals surface area contributed by atoms with Crippen LogP contribution in [0.4, 0.5) is 8.78 Å². The first-order chi connectivity index (χ1) is 11.7. The molecule has 0 spiro atoms. The second kappa shape index (κ2) is 8.04. The molecule has 1 aliphatic carbocycles. The highest BCUT2D eigenvalue weighted by Crippen LogP contribution is 2.32. The molecule has 0 aliphatic heterocycles. The minimum Gasteiger partial charge on any atom is -0.390 e. The van der Waals surface area contributed by atoms with E-state index in [0.717, 1.165) is 11.6 Å². The van der Waals surface area contributed by atoms with E-state index in [9.17, 15) is 8.78 Å². The van der Waals surface area contributed by atoms with Crippen LogP contribution in [0.5, 0.6) is 0 Å². The van der Waals surface area contributed by atoms with Gasteiger partial charge in [0, 0.05) is 11.1 Å². The molecule has 0 amide bonds. The van der Waals surface area contributed by atoms with E-state index in [2.05, 4.69) is 23.5 Å². The lowest BCUT2D eigenvalue weighted by molar-refractivity contribution is 0.129. The Morgan fingerprint density at radius 1 is 1.04 bits per heavy atom. The molecule has 0 saturated heterocycles. The third kappa shape index (κ3) is 4.19. The van der Waals surface area contributed by atoms with Gasteiger partial charge in [-0.05, 0) is 36.5 Å². The summed E-state index contributed by atoms with van der Waals surface area (Å²) < 4.78 is 26.6. The Kier molecular flexibility index (Phi) is 5.57. The van der Waals surface area contributed by atoms with Crippen LogP contribution in [0.2, 0.25) is 0 Å². The molecular formula is C20H20F2NO. The van der Waals surface area contributed by atoms with Gasteiger partial charge < -0.3 is 4.84 Å². The third-order valence-electron chi connectivity index (χ3n) is 4.45. The molecule has 0 aromatic heterocycles. The lowest BCUT2D eigenvalue weighted by atomic mass is 9.84. The summed E-state index contributed by atoms with van der Waals surface area (Å²) in [6, 6.07) is 12.1. The average Bonchev–Trinajstić information content (AvgIpc) is 2.63. The van der Waals surface area contributed by atoms with Crippen molar-refractivity contribution in [1.29, 1.82) is 0 Å². The number of halogens is 2. The number of nitrogens with zero attached hydrogens (tertiary/aromatic N) is 1. The molecule has 0 heterocycles. The fourth-order valence-corrected chi connectivity index (χ4v) is 3.14. The first-order valence-electron chi connectivity index (χ1n) is 8.35. The molecule has 2 nitrogen and oxygen atoms in total. The summed E-state index contributed by atoms with van der Waals surface area (Å²) in [6.07, 6.45) is 9.18. The van der Waals surface area contributed by atoms with Gasteiger partial charge >= 0.3 is 0 Å². The lowest BCUT2D eigenvalue weighted by Crippen LogP contribution is -2.04. The molecule has 1 fully saturated rings. The van der Waals surface area contributed by atoms with Crippen LogP contribution in [0, 0.1) is 11.6 Å². The molecule has 4 heteroatoms. The first-order valence-corrected chi connectivity index (χ1v) is 8.35. The normalized spacial score (nSPS) is 15.8. The second-order valence-electron chi connectivity index (χ2n) is 6.15.